The van der Waals surface area contributed by atoms with Crippen LogP contribution in [0.5, 0.6) is 0 Å². The first-order chi connectivity index (χ1) is 11.9. The lowest BCUT2D eigenvalue weighted by Crippen LogP contribution is -1.75. The molecule has 2 heterocycles. The molecule has 2 aromatic heterocycles. The molecule has 0 atom stereocenters. The topological polar surface area (TPSA) is 26.3 Å². The molecule has 0 fully saturated rings. The van der Waals surface area contributed by atoms with Gasteiger partial charge in [-0.15, -0.1) is 0 Å². The van der Waals surface area contributed by atoms with E-state index in [4.69, 9.17) is 8.83 Å². The molecule has 0 spiro atoms. The van der Waals surface area contributed by atoms with Crippen LogP contribution in [0.1, 0.15) is 0 Å². The number of furan rings is 2. The molecular formula is C22H12O2. The van der Waals surface area contributed by atoms with Gasteiger partial charge in [-0.05, 0) is 36.4 Å². The highest BCUT2D eigenvalue weighted by atomic mass is 16.3. The summed E-state index contributed by atoms with van der Waals surface area (Å²) >= 11 is 0. The second-order valence-corrected chi connectivity index (χ2v) is 6.18. The Morgan fingerprint density at radius 1 is 0.375 bits per heavy atom. The van der Waals surface area contributed by atoms with Crippen molar-refractivity contribution < 1.29 is 8.83 Å². The fraction of sp³-hybridized carbons (Fsp3) is 0. The number of hydrogen-bond acceptors (Lipinski definition) is 2. The number of benzene rings is 4. The van der Waals surface area contributed by atoms with Crippen LogP contribution in [0.3, 0.4) is 0 Å². The molecule has 0 saturated carbocycles. The van der Waals surface area contributed by atoms with Gasteiger partial charge in [-0.2, -0.15) is 0 Å². The van der Waals surface area contributed by atoms with Crippen molar-refractivity contribution in [3.63, 3.8) is 0 Å². The van der Waals surface area contributed by atoms with Gasteiger partial charge < -0.3 is 8.83 Å². The molecule has 0 aliphatic heterocycles. The molecule has 0 amide bonds. The van der Waals surface area contributed by atoms with Gasteiger partial charge in [0.05, 0.1) is 0 Å². The van der Waals surface area contributed by atoms with E-state index in [2.05, 4.69) is 36.4 Å². The maximum absolute atomic E-state index is 6.15. The van der Waals surface area contributed by atoms with Gasteiger partial charge in [0, 0.05) is 32.3 Å². The normalized spacial score (nSPS) is 12.2. The lowest BCUT2D eigenvalue weighted by molar-refractivity contribution is 0.669. The summed E-state index contributed by atoms with van der Waals surface area (Å²) in [6.07, 6.45) is 0. The van der Waals surface area contributed by atoms with Gasteiger partial charge in [0.15, 0.2) is 0 Å². The van der Waals surface area contributed by atoms with Crippen molar-refractivity contribution in [3.05, 3.63) is 72.8 Å². The Hall–Kier alpha value is -3.26. The summed E-state index contributed by atoms with van der Waals surface area (Å²) in [5.41, 5.74) is 3.70. The molecule has 0 radical (unpaired) electrons. The zero-order chi connectivity index (χ0) is 15.7. The third-order valence-electron chi connectivity index (χ3n) is 4.88. The van der Waals surface area contributed by atoms with Crippen molar-refractivity contribution in [3.8, 4) is 0 Å². The standard InChI is InChI=1S/C22H12O2/c1-3-7-19-13(5-1)15-9-11-18-17(21(15)23-19)12-10-16-14-6-2-4-8-20(14)24-22(16)18/h1-12H. The first-order valence-corrected chi connectivity index (χ1v) is 8.04. The van der Waals surface area contributed by atoms with E-state index in [1.165, 1.54) is 0 Å². The quantitative estimate of drug-likeness (QED) is 0.314. The zero-order valence-electron chi connectivity index (χ0n) is 12.7. The van der Waals surface area contributed by atoms with E-state index in [-0.39, 0.29) is 0 Å². The molecule has 2 nitrogen and oxygen atoms in total. The summed E-state index contributed by atoms with van der Waals surface area (Å²) in [7, 11) is 0. The number of rotatable bonds is 0. The minimum absolute atomic E-state index is 0.921. The van der Waals surface area contributed by atoms with E-state index in [1.807, 2.05) is 36.4 Å². The van der Waals surface area contributed by atoms with E-state index in [0.717, 1.165) is 54.6 Å². The average molecular weight is 308 g/mol. The fourth-order valence-corrected chi connectivity index (χ4v) is 3.77. The van der Waals surface area contributed by atoms with Gasteiger partial charge in [-0.1, -0.05) is 36.4 Å². The van der Waals surface area contributed by atoms with E-state index in [0.29, 0.717) is 0 Å². The lowest BCUT2D eigenvalue weighted by Gasteiger charge is -1.99. The molecule has 6 rings (SSSR count). The predicted octanol–water partition coefficient (Wildman–Crippen LogP) is 6.64. The van der Waals surface area contributed by atoms with Crippen LogP contribution in [0.25, 0.3) is 54.6 Å². The first kappa shape index (κ1) is 12.2. The van der Waals surface area contributed by atoms with Gasteiger partial charge in [0.2, 0.25) is 0 Å². The molecule has 0 N–H and O–H groups in total. The molecule has 0 aliphatic rings. The minimum atomic E-state index is 0.921. The molecule has 2 heteroatoms. The highest BCUT2D eigenvalue weighted by Gasteiger charge is 2.14. The number of para-hydroxylation sites is 2. The Labute approximate surface area is 136 Å². The van der Waals surface area contributed by atoms with Crippen LogP contribution >= 0.6 is 0 Å². The van der Waals surface area contributed by atoms with Crippen LogP contribution in [-0.2, 0) is 0 Å². The Bertz CT molecular complexity index is 1290. The molecule has 0 aliphatic carbocycles. The predicted molar refractivity (Wildman–Crippen MR) is 98.5 cm³/mol. The van der Waals surface area contributed by atoms with Crippen LogP contribution in [0.15, 0.2) is 81.6 Å². The first-order valence-electron chi connectivity index (χ1n) is 8.04. The van der Waals surface area contributed by atoms with Crippen molar-refractivity contribution in [2.45, 2.75) is 0 Å². The Morgan fingerprint density at radius 3 is 1.21 bits per heavy atom. The van der Waals surface area contributed by atoms with Gasteiger partial charge in [0.25, 0.3) is 0 Å². The molecule has 0 bridgehead atoms. The molecule has 0 unspecified atom stereocenters. The Morgan fingerprint density at radius 2 is 0.750 bits per heavy atom. The largest absolute Gasteiger partial charge is 0.455 e. The minimum Gasteiger partial charge on any atom is -0.455 e. The second-order valence-electron chi connectivity index (χ2n) is 6.18. The SMILES string of the molecule is c1ccc2c(c1)oc1c2ccc2c1ccc1c3ccccc3oc12. The van der Waals surface area contributed by atoms with E-state index >= 15 is 0 Å². The van der Waals surface area contributed by atoms with Crippen LogP contribution in [0, 0.1) is 0 Å². The van der Waals surface area contributed by atoms with Gasteiger partial charge in [-0.25, -0.2) is 0 Å². The maximum Gasteiger partial charge on any atom is 0.143 e. The van der Waals surface area contributed by atoms with Crippen molar-refractivity contribution in [2.75, 3.05) is 0 Å². The van der Waals surface area contributed by atoms with Crippen LogP contribution in [0.2, 0.25) is 0 Å². The summed E-state index contributed by atoms with van der Waals surface area (Å²) in [6, 6.07) is 24.9. The smallest absolute Gasteiger partial charge is 0.143 e. The fourth-order valence-electron chi connectivity index (χ4n) is 3.77. The molecule has 0 saturated heterocycles. The maximum atomic E-state index is 6.15. The second kappa shape index (κ2) is 4.18. The molecule has 6 aromatic rings. The van der Waals surface area contributed by atoms with Crippen molar-refractivity contribution in [1.82, 2.24) is 0 Å². The van der Waals surface area contributed by atoms with Crippen LogP contribution in [-0.4, -0.2) is 0 Å². The lowest BCUT2D eigenvalue weighted by atomic mass is 10.0. The van der Waals surface area contributed by atoms with Crippen LogP contribution < -0.4 is 0 Å². The summed E-state index contributed by atoms with van der Waals surface area (Å²) in [6.45, 7) is 0. The molecule has 4 aromatic carbocycles. The van der Waals surface area contributed by atoms with Gasteiger partial charge >= 0.3 is 0 Å². The third kappa shape index (κ3) is 1.41. The average Bonchev–Trinajstić information content (AvgIpc) is 3.20. The Kier molecular flexibility index (Phi) is 2.12. The summed E-state index contributed by atoms with van der Waals surface area (Å²) < 4.78 is 12.3. The van der Waals surface area contributed by atoms with Gasteiger partial charge in [0.1, 0.15) is 22.3 Å². The third-order valence-corrected chi connectivity index (χ3v) is 4.88. The van der Waals surface area contributed by atoms with Gasteiger partial charge in [-0.3, -0.25) is 0 Å². The Balaban J connectivity index is 1.86. The molecule has 112 valence electrons. The zero-order valence-corrected chi connectivity index (χ0v) is 12.7. The highest BCUT2D eigenvalue weighted by molar-refractivity contribution is 6.22. The number of hydrogen-bond donors (Lipinski definition) is 0. The van der Waals surface area contributed by atoms with E-state index in [1.54, 1.807) is 0 Å². The van der Waals surface area contributed by atoms with Crippen molar-refractivity contribution in [2.24, 2.45) is 0 Å². The van der Waals surface area contributed by atoms with E-state index in [9.17, 15) is 0 Å². The molecule has 24 heavy (non-hydrogen) atoms. The molecular weight excluding hydrogens is 296 g/mol. The van der Waals surface area contributed by atoms with Crippen molar-refractivity contribution >= 4 is 54.6 Å². The van der Waals surface area contributed by atoms with Crippen LogP contribution in [0.4, 0.5) is 0 Å². The van der Waals surface area contributed by atoms with Crippen molar-refractivity contribution in [1.29, 1.82) is 0 Å². The monoisotopic (exact) mass is 308 g/mol. The summed E-state index contributed by atoms with van der Waals surface area (Å²) in [5, 5.41) is 6.78. The summed E-state index contributed by atoms with van der Waals surface area (Å²) in [4.78, 5) is 0. The summed E-state index contributed by atoms with van der Waals surface area (Å²) in [5.74, 6) is 0. The van der Waals surface area contributed by atoms with E-state index < -0.39 is 0 Å². The highest BCUT2D eigenvalue weighted by Crippen LogP contribution is 2.39. The number of fused-ring (bicyclic) bond motifs is 9.